The van der Waals surface area contributed by atoms with Crippen LogP contribution in [0.15, 0.2) is 48.5 Å². The van der Waals surface area contributed by atoms with Gasteiger partial charge in [0.25, 0.3) is 0 Å². The number of likely N-dealkylation sites (N-methyl/N-ethyl adjacent to an activating group) is 1. The van der Waals surface area contributed by atoms with Crippen LogP contribution in [0.2, 0.25) is 0 Å². The van der Waals surface area contributed by atoms with Gasteiger partial charge in [-0.3, -0.25) is 0 Å². The highest BCUT2D eigenvalue weighted by Gasteiger charge is 2.35. The Morgan fingerprint density at radius 3 is 2.27 bits per heavy atom. The van der Waals surface area contributed by atoms with Gasteiger partial charge >= 0.3 is 6.18 Å². The largest absolute Gasteiger partial charge is 0.419 e. The van der Waals surface area contributed by atoms with Gasteiger partial charge in [0.2, 0.25) is 0 Å². The third kappa shape index (κ3) is 3.85. The summed E-state index contributed by atoms with van der Waals surface area (Å²) in [5.41, 5.74) is -0.244. The minimum absolute atomic E-state index is 0.0422. The topological polar surface area (TPSA) is 12.0 Å². The molecule has 0 aliphatic heterocycles. The van der Waals surface area contributed by atoms with E-state index in [4.69, 9.17) is 0 Å². The van der Waals surface area contributed by atoms with E-state index in [1.54, 1.807) is 0 Å². The molecule has 5 heteroatoms. The predicted molar refractivity (Wildman–Crippen MR) is 78.0 cm³/mol. The van der Waals surface area contributed by atoms with Crippen LogP contribution in [0.3, 0.4) is 0 Å². The van der Waals surface area contributed by atoms with Crippen LogP contribution in [0.1, 0.15) is 29.7 Å². The van der Waals surface area contributed by atoms with Gasteiger partial charge in [-0.2, -0.15) is 13.2 Å². The first-order valence-electron chi connectivity index (χ1n) is 7.06. The van der Waals surface area contributed by atoms with E-state index in [0.717, 1.165) is 11.6 Å². The molecule has 1 N–H and O–H groups in total. The zero-order chi connectivity index (χ0) is 16.2. The lowest BCUT2D eigenvalue weighted by Gasteiger charge is -2.21. The molecular weight excluding hydrogens is 294 g/mol. The van der Waals surface area contributed by atoms with Crippen LogP contribution < -0.4 is 5.32 Å². The number of benzene rings is 2. The fraction of sp³-hybridized carbons (Fsp3) is 0.294. The summed E-state index contributed by atoms with van der Waals surface area (Å²) in [6.45, 7) is 2.37. The van der Waals surface area contributed by atoms with E-state index in [1.165, 1.54) is 12.1 Å². The first-order chi connectivity index (χ1) is 10.4. The molecular formula is C17H17F4N. The highest BCUT2D eigenvalue weighted by molar-refractivity contribution is 5.32. The van der Waals surface area contributed by atoms with Gasteiger partial charge in [0.15, 0.2) is 0 Å². The molecule has 0 fully saturated rings. The molecule has 2 aromatic carbocycles. The molecule has 0 bridgehead atoms. The molecule has 0 radical (unpaired) electrons. The highest BCUT2D eigenvalue weighted by atomic mass is 19.4. The molecule has 0 saturated carbocycles. The summed E-state index contributed by atoms with van der Waals surface area (Å²) in [6, 6.07) is 12.2. The van der Waals surface area contributed by atoms with Gasteiger partial charge in [0, 0.05) is 11.6 Å². The molecule has 1 nitrogen and oxygen atoms in total. The standard InChI is InChI=1S/C17H17F4N/c1-2-22-15(11-12-7-4-3-5-8-12)13-9-6-10-14(16(13)18)17(19,20)21/h3-10,15,22H,2,11H2,1H3. The lowest BCUT2D eigenvalue weighted by atomic mass is 9.96. The smallest absolute Gasteiger partial charge is 0.310 e. The average molecular weight is 311 g/mol. The monoisotopic (exact) mass is 311 g/mol. The van der Waals surface area contributed by atoms with Crippen molar-refractivity contribution in [2.45, 2.75) is 25.6 Å². The number of halogens is 4. The fourth-order valence-corrected chi connectivity index (χ4v) is 2.43. The Labute approximate surface area is 127 Å². The first kappa shape index (κ1) is 16.5. The summed E-state index contributed by atoms with van der Waals surface area (Å²) in [5, 5.41) is 3.06. The summed E-state index contributed by atoms with van der Waals surface area (Å²) >= 11 is 0. The van der Waals surface area contributed by atoms with E-state index < -0.39 is 23.6 Å². The quantitative estimate of drug-likeness (QED) is 0.787. The van der Waals surface area contributed by atoms with Crippen molar-refractivity contribution in [3.8, 4) is 0 Å². The van der Waals surface area contributed by atoms with Crippen LogP contribution >= 0.6 is 0 Å². The second-order valence-corrected chi connectivity index (χ2v) is 5.01. The van der Waals surface area contributed by atoms with Crippen molar-refractivity contribution in [2.24, 2.45) is 0 Å². The molecule has 0 heterocycles. The van der Waals surface area contributed by atoms with Crippen molar-refractivity contribution in [2.75, 3.05) is 6.54 Å². The Kier molecular flexibility index (Phi) is 5.19. The summed E-state index contributed by atoms with van der Waals surface area (Å²) in [4.78, 5) is 0. The lowest BCUT2D eigenvalue weighted by Crippen LogP contribution is -2.25. The third-order valence-corrected chi connectivity index (χ3v) is 3.44. The Morgan fingerprint density at radius 1 is 1.00 bits per heavy atom. The van der Waals surface area contributed by atoms with Crippen LogP contribution in [0, 0.1) is 5.82 Å². The summed E-state index contributed by atoms with van der Waals surface area (Å²) in [6.07, 6.45) is -4.27. The molecule has 118 valence electrons. The van der Waals surface area contributed by atoms with Crippen LogP contribution in [-0.4, -0.2) is 6.54 Å². The Morgan fingerprint density at radius 2 is 1.68 bits per heavy atom. The Hall–Kier alpha value is -1.88. The highest BCUT2D eigenvalue weighted by Crippen LogP contribution is 2.34. The van der Waals surface area contributed by atoms with E-state index in [-0.39, 0.29) is 5.56 Å². The van der Waals surface area contributed by atoms with Gasteiger partial charge in [0.05, 0.1) is 5.56 Å². The van der Waals surface area contributed by atoms with E-state index in [1.807, 2.05) is 37.3 Å². The van der Waals surface area contributed by atoms with Gasteiger partial charge in [-0.05, 0) is 24.6 Å². The summed E-state index contributed by atoms with van der Waals surface area (Å²) < 4.78 is 52.8. The van der Waals surface area contributed by atoms with Gasteiger partial charge in [-0.1, -0.05) is 49.4 Å². The van der Waals surface area contributed by atoms with Gasteiger partial charge in [0.1, 0.15) is 5.82 Å². The molecule has 22 heavy (non-hydrogen) atoms. The average Bonchev–Trinajstić information content (AvgIpc) is 2.47. The molecule has 0 amide bonds. The lowest BCUT2D eigenvalue weighted by molar-refractivity contribution is -0.140. The van der Waals surface area contributed by atoms with Gasteiger partial charge in [-0.25, -0.2) is 4.39 Å². The first-order valence-corrected chi connectivity index (χ1v) is 7.06. The SMILES string of the molecule is CCNC(Cc1ccccc1)c1cccc(C(F)(F)F)c1F. The molecule has 0 aliphatic rings. The number of nitrogens with one attached hydrogen (secondary N) is 1. The minimum Gasteiger partial charge on any atom is -0.310 e. The van der Waals surface area contributed by atoms with E-state index in [9.17, 15) is 17.6 Å². The normalized spacial score (nSPS) is 13.1. The zero-order valence-corrected chi connectivity index (χ0v) is 12.1. The van der Waals surface area contributed by atoms with E-state index >= 15 is 0 Å². The van der Waals surface area contributed by atoms with E-state index in [2.05, 4.69) is 5.32 Å². The predicted octanol–water partition coefficient (Wildman–Crippen LogP) is 4.74. The van der Waals surface area contributed by atoms with Crippen LogP contribution in [0.5, 0.6) is 0 Å². The number of hydrogen-bond donors (Lipinski definition) is 1. The molecule has 0 aliphatic carbocycles. The van der Waals surface area contributed by atoms with Crippen molar-refractivity contribution >= 4 is 0 Å². The molecule has 2 rings (SSSR count). The van der Waals surface area contributed by atoms with Crippen LogP contribution in [0.25, 0.3) is 0 Å². The number of hydrogen-bond acceptors (Lipinski definition) is 1. The van der Waals surface area contributed by atoms with Gasteiger partial charge < -0.3 is 5.32 Å². The van der Waals surface area contributed by atoms with Gasteiger partial charge in [-0.15, -0.1) is 0 Å². The maximum absolute atomic E-state index is 14.3. The van der Waals surface area contributed by atoms with Crippen LogP contribution in [-0.2, 0) is 12.6 Å². The zero-order valence-electron chi connectivity index (χ0n) is 12.1. The maximum atomic E-state index is 14.3. The number of rotatable bonds is 5. The number of alkyl halides is 3. The van der Waals surface area contributed by atoms with Crippen LogP contribution in [0.4, 0.5) is 17.6 Å². The summed E-state index contributed by atoms with van der Waals surface area (Å²) in [7, 11) is 0. The molecule has 1 atom stereocenters. The van der Waals surface area contributed by atoms with Crippen molar-refractivity contribution < 1.29 is 17.6 Å². The fourth-order valence-electron chi connectivity index (χ4n) is 2.43. The second kappa shape index (κ2) is 6.92. The van der Waals surface area contributed by atoms with Crippen molar-refractivity contribution in [1.82, 2.24) is 5.32 Å². The molecule has 2 aromatic rings. The van der Waals surface area contributed by atoms with Crippen molar-refractivity contribution in [1.29, 1.82) is 0 Å². The minimum atomic E-state index is -4.69. The maximum Gasteiger partial charge on any atom is 0.419 e. The Bertz CT molecular complexity index is 608. The molecule has 0 spiro atoms. The van der Waals surface area contributed by atoms with E-state index in [0.29, 0.717) is 13.0 Å². The van der Waals surface area contributed by atoms with Crippen molar-refractivity contribution in [3.05, 3.63) is 71.0 Å². The second-order valence-electron chi connectivity index (χ2n) is 5.01. The summed E-state index contributed by atoms with van der Waals surface area (Å²) in [5.74, 6) is -1.20. The molecule has 0 saturated heterocycles. The Balaban J connectivity index is 2.37. The third-order valence-electron chi connectivity index (χ3n) is 3.44. The molecule has 0 aromatic heterocycles. The van der Waals surface area contributed by atoms with Crippen molar-refractivity contribution in [3.63, 3.8) is 0 Å². The molecule has 1 unspecified atom stereocenters.